The van der Waals surface area contributed by atoms with Gasteiger partial charge in [0.15, 0.2) is 5.76 Å². The van der Waals surface area contributed by atoms with Crippen LogP contribution in [0.25, 0.3) is 0 Å². The Bertz CT molecular complexity index is 912. The monoisotopic (exact) mass is 401 g/mol. The SMILES string of the molecule is CC(Sc1ccc(NC(=O)c2ccco2)cc1)C(=O)Nc1ccc(Cl)cn1. The number of pyridine rings is 1. The van der Waals surface area contributed by atoms with Crippen molar-refractivity contribution in [2.45, 2.75) is 17.1 Å². The Balaban J connectivity index is 1.54. The Morgan fingerprint density at radius 1 is 1.11 bits per heavy atom. The smallest absolute Gasteiger partial charge is 0.291 e. The number of thioether (sulfide) groups is 1. The van der Waals surface area contributed by atoms with Crippen LogP contribution in [0.15, 0.2) is 70.3 Å². The molecule has 0 saturated carbocycles. The number of rotatable bonds is 6. The predicted octanol–water partition coefficient (Wildman–Crippen LogP) is 4.70. The van der Waals surface area contributed by atoms with E-state index in [1.807, 2.05) is 19.1 Å². The third-order valence-corrected chi connectivity index (χ3v) is 4.85. The molecule has 0 aliphatic carbocycles. The molecule has 1 atom stereocenters. The van der Waals surface area contributed by atoms with Crippen molar-refractivity contribution in [3.05, 3.63) is 71.8 Å². The standard InChI is InChI=1S/C19H16ClN3O3S/c1-12(18(24)23-17-9-4-13(20)11-21-17)27-15-7-5-14(6-8-15)22-19(25)16-3-2-10-26-16/h2-12H,1H3,(H,22,25)(H,21,23,24). The summed E-state index contributed by atoms with van der Waals surface area (Å²) in [6, 6.07) is 13.8. The molecule has 2 heterocycles. The molecule has 27 heavy (non-hydrogen) atoms. The lowest BCUT2D eigenvalue weighted by molar-refractivity contribution is -0.115. The fourth-order valence-electron chi connectivity index (χ4n) is 2.15. The van der Waals surface area contributed by atoms with Crippen LogP contribution in [0.4, 0.5) is 11.5 Å². The van der Waals surface area contributed by atoms with Crippen LogP contribution in [-0.2, 0) is 4.79 Å². The Labute approximate surface area is 165 Å². The van der Waals surface area contributed by atoms with Crippen molar-refractivity contribution in [1.82, 2.24) is 4.98 Å². The van der Waals surface area contributed by atoms with Gasteiger partial charge in [0.25, 0.3) is 5.91 Å². The van der Waals surface area contributed by atoms with Crippen molar-refractivity contribution in [3.8, 4) is 0 Å². The molecule has 2 amide bonds. The van der Waals surface area contributed by atoms with E-state index < -0.39 is 0 Å². The van der Waals surface area contributed by atoms with Crippen molar-refractivity contribution < 1.29 is 14.0 Å². The molecule has 1 unspecified atom stereocenters. The minimum Gasteiger partial charge on any atom is -0.459 e. The first-order chi connectivity index (χ1) is 13.0. The highest BCUT2D eigenvalue weighted by Crippen LogP contribution is 2.25. The molecule has 2 aromatic heterocycles. The highest BCUT2D eigenvalue weighted by Gasteiger charge is 2.15. The zero-order valence-electron chi connectivity index (χ0n) is 14.3. The largest absolute Gasteiger partial charge is 0.459 e. The second-order valence-electron chi connectivity index (χ2n) is 5.57. The highest BCUT2D eigenvalue weighted by molar-refractivity contribution is 8.00. The van der Waals surface area contributed by atoms with E-state index in [0.717, 1.165) is 4.90 Å². The van der Waals surface area contributed by atoms with E-state index in [9.17, 15) is 9.59 Å². The molecule has 8 heteroatoms. The molecule has 0 bridgehead atoms. The zero-order valence-corrected chi connectivity index (χ0v) is 15.9. The molecular formula is C19H16ClN3O3S. The summed E-state index contributed by atoms with van der Waals surface area (Å²) < 4.78 is 5.05. The van der Waals surface area contributed by atoms with E-state index in [1.54, 1.807) is 36.4 Å². The molecule has 0 saturated heterocycles. The van der Waals surface area contributed by atoms with Crippen molar-refractivity contribution in [2.24, 2.45) is 0 Å². The highest BCUT2D eigenvalue weighted by atomic mass is 35.5. The zero-order chi connectivity index (χ0) is 19.2. The van der Waals surface area contributed by atoms with Crippen LogP contribution in [0.5, 0.6) is 0 Å². The molecule has 2 N–H and O–H groups in total. The molecule has 0 aliphatic heterocycles. The van der Waals surface area contributed by atoms with Crippen molar-refractivity contribution in [2.75, 3.05) is 10.6 Å². The first kappa shape index (κ1) is 19.0. The van der Waals surface area contributed by atoms with Gasteiger partial charge in [-0.05, 0) is 55.5 Å². The van der Waals surface area contributed by atoms with E-state index in [2.05, 4.69) is 15.6 Å². The van der Waals surface area contributed by atoms with Gasteiger partial charge in [0.1, 0.15) is 5.82 Å². The lowest BCUT2D eigenvalue weighted by Gasteiger charge is -2.12. The number of amides is 2. The summed E-state index contributed by atoms with van der Waals surface area (Å²) in [5.74, 6) is 0.219. The van der Waals surface area contributed by atoms with Crippen LogP contribution >= 0.6 is 23.4 Å². The minimum atomic E-state index is -0.328. The molecule has 6 nitrogen and oxygen atoms in total. The minimum absolute atomic E-state index is 0.162. The van der Waals surface area contributed by atoms with Crippen LogP contribution in [0.1, 0.15) is 17.5 Å². The lowest BCUT2D eigenvalue weighted by Crippen LogP contribution is -2.22. The second-order valence-corrected chi connectivity index (χ2v) is 7.42. The molecule has 3 rings (SSSR count). The normalized spacial score (nSPS) is 11.6. The first-order valence-electron chi connectivity index (χ1n) is 8.05. The average Bonchev–Trinajstić information content (AvgIpc) is 3.20. The van der Waals surface area contributed by atoms with Gasteiger partial charge in [-0.25, -0.2) is 4.98 Å². The molecule has 3 aromatic rings. The summed E-state index contributed by atoms with van der Waals surface area (Å²) >= 11 is 7.18. The van der Waals surface area contributed by atoms with Gasteiger partial charge in [0.2, 0.25) is 5.91 Å². The van der Waals surface area contributed by atoms with E-state index in [4.69, 9.17) is 16.0 Å². The van der Waals surface area contributed by atoms with Gasteiger partial charge in [-0.1, -0.05) is 11.6 Å². The Morgan fingerprint density at radius 3 is 2.52 bits per heavy atom. The fourth-order valence-corrected chi connectivity index (χ4v) is 3.13. The number of halogens is 1. The molecule has 0 aliphatic rings. The maximum atomic E-state index is 12.3. The molecule has 1 aromatic carbocycles. The topological polar surface area (TPSA) is 84.2 Å². The Kier molecular flexibility index (Phi) is 6.16. The number of hydrogen-bond acceptors (Lipinski definition) is 5. The molecule has 0 radical (unpaired) electrons. The molecule has 0 spiro atoms. The molecular weight excluding hydrogens is 386 g/mol. The van der Waals surface area contributed by atoms with Gasteiger partial charge < -0.3 is 15.1 Å². The Hall–Kier alpha value is -2.77. The van der Waals surface area contributed by atoms with Gasteiger partial charge in [0, 0.05) is 16.8 Å². The number of nitrogens with zero attached hydrogens (tertiary/aromatic N) is 1. The number of carbonyl (C=O) groups excluding carboxylic acids is 2. The van der Waals surface area contributed by atoms with Crippen molar-refractivity contribution >= 4 is 46.7 Å². The summed E-state index contributed by atoms with van der Waals surface area (Å²) in [5.41, 5.74) is 0.642. The molecule has 0 fully saturated rings. The van der Waals surface area contributed by atoms with Gasteiger partial charge in [-0.15, -0.1) is 11.8 Å². The number of nitrogens with one attached hydrogen (secondary N) is 2. The fraction of sp³-hybridized carbons (Fsp3) is 0.105. The third kappa shape index (κ3) is 5.35. The summed E-state index contributed by atoms with van der Waals surface area (Å²) in [4.78, 5) is 29.2. The number of aromatic nitrogens is 1. The summed E-state index contributed by atoms with van der Waals surface area (Å²) in [6.45, 7) is 1.81. The molecule has 138 valence electrons. The van der Waals surface area contributed by atoms with E-state index in [-0.39, 0.29) is 22.8 Å². The van der Waals surface area contributed by atoms with E-state index in [1.165, 1.54) is 24.2 Å². The number of carbonyl (C=O) groups is 2. The van der Waals surface area contributed by atoms with Crippen LogP contribution in [0.2, 0.25) is 5.02 Å². The van der Waals surface area contributed by atoms with Crippen LogP contribution in [0.3, 0.4) is 0 Å². The van der Waals surface area contributed by atoms with Gasteiger partial charge in [-0.3, -0.25) is 9.59 Å². The van der Waals surface area contributed by atoms with Gasteiger partial charge in [-0.2, -0.15) is 0 Å². The van der Waals surface area contributed by atoms with Crippen LogP contribution in [-0.4, -0.2) is 22.0 Å². The maximum absolute atomic E-state index is 12.3. The number of benzene rings is 1. The quantitative estimate of drug-likeness (QED) is 0.585. The summed E-state index contributed by atoms with van der Waals surface area (Å²) in [6.07, 6.45) is 2.92. The average molecular weight is 402 g/mol. The van der Waals surface area contributed by atoms with E-state index in [0.29, 0.717) is 16.5 Å². The number of furan rings is 1. The predicted molar refractivity (Wildman–Crippen MR) is 106 cm³/mol. The Morgan fingerprint density at radius 2 is 1.89 bits per heavy atom. The lowest BCUT2D eigenvalue weighted by atomic mass is 10.3. The van der Waals surface area contributed by atoms with Gasteiger partial charge in [0.05, 0.1) is 16.5 Å². The van der Waals surface area contributed by atoms with E-state index >= 15 is 0 Å². The number of hydrogen-bond donors (Lipinski definition) is 2. The van der Waals surface area contributed by atoms with Crippen LogP contribution < -0.4 is 10.6 Å². The van der Waals surface area contributed by atoms with Gasteiger partial charge >= 0.3 is 0 Å². The summed E-state index contributed by atoms with van der Waals surface area (Å²) in [5, 5.41) is 5.67. The second kappa shape index (κ2) is 8.75. The first-order valence-corrected chi connectivity index (χ1v) is 9.31. The maximum Gasteiger partial charge on any atom is 0.291 e. The van der Waals surface area contributed by atoms with Crippen LogP contribution in [0, 0.1) is 0 Å². The van der Waals surface area contributed by atoms with Crippen molar-refractivity contribution in [1.29, 1.82) is 0 Å². The summed E-state index contributed by atoms with van der Waals surface area (Å²) in [7, 11) is 0. The van der Waals surface area contributed by atoms with Crippen molar-refractivity contribution in [3.63, 3.8) is 0 Å². The number of anilines is 2. The third-order valence-electron chi connectivity index (χ3n) is 3.52.